The second-order valence-electron chi connectivity index (χ2n) is 8.22. The molecule has 0 aromatic carbocycles. The molecule has 4 rings (SSSR count). The number of aliphatic hydroxyl groups is 1. The van der Waals surface area contributed by atoms with Crippen LogP contribution in [0.4, 0.5) is 4.39 Å². The van der Waals surface area contributed by atoms with E-state index in [1.54, 1.807) is 0 Å². The van der Waals surface area contributed by atoms with Gasteiger partial charge in [0.2, 0.25) is 5.78 Å². The summed E-state index contributed by atoms with van der Waals surface area (Å²) in [5, 5.41) is 10.4. The Balaban J connectivity index is 1.82. The molecule has 0 unspecified atom stereocenters. The SMILES string of the molecule is C[C@]12CC[C@H]3[C@@H](C=CC4=C(N)C(=O)C(F)=C[C@@]43C)[C@@H]1CC[C@@H]2O. The maximum absolute atomic E-state index is 14.1. The highest BCUT2D eigenvalue weighted by atomic mass is 19.1. The first-order chi connectivity index (χ1) is 10.8. The van der Waals surface area contributed by atoms with Crippen molar-refractivity contribution in [1.29, 1.82) is 0 Å². The zero-order chi connectivity index (χ0) is 16.6. The number of hydrogen-bond donors (Lipinski definition) is 2. The molecule has 6 atom stereocenters. The smallest absolute Gasteiger partial charge is 0.236 e. The number of halogens is 1. The van der Waals surface area contributed by atoms with Gasteiger partial charge in [0.25, 0.3) is 0 Å². The first-order valence-electron chi connectivity index (χ1n) is 8.58. The second kappa shape index (κ2) is 4.56. The molecule has 3 N–H and O–H groups in total. The number of allylic oxidation sites excluding steroid dienone is 5. The van der Waals surface area contributed by atoms with Crippen LogP contribution in [0.2, 0.25) is 0 Å². The average Bonchev–Trinajstić information content (AvgIpc) is 2.80. The van der Waals surface area contributed by atoms with Crippen LogP contribution < -0.4 is 5.73 Å². The maximum Gasteiger partial charge on any atom is 0.236 e. The molecule has 124 valence electrons. The molecule has 2 fully saturated rings. The Morgan fingerprint density at radius 1 is 1.26 bits per heavy atom. The van der Waals surface area contributed by atoms with Gasteiger partial charge in [-0.05, 0) is 60.5 Å². The first kappa shape index (κ1) is 15.1. The molecule has 4 aliphatic carbocycles. The molecule has 0 spiro atoms. The second-order valence-corrected chi connectivity index (χ2v) is 8.22. The number of ketones is 1. The van der Waals surface area contributed by atoms with Crippen molar-refractivity contribution in [3.8, 4) is 0 Å². The zero-order valence-electron chi connectivity index (χ0n) is 13.7. The number of fused-ring (bicyclic) bond motifs is 5. The normalized spacial score (nSPS) is 48.7. The number of carbonyl (C=O) groups excluding carboxylic acids is 1. The van der Waals surface area contributed by atoms with E-state index in [1.807, 2.05) is 13.0 Å². The van der Waals surface area contributed by atoms with Crippen LogP contribution in [-0.4, -0.2) is 17.0 Å². The van der Waals surface area contributed by atoms with E-state index < -0.39 is 17.0 Å². The maximum atomic E-state index is 14.1. The Kier molecular flexibility index (Phi) is 3.00. The van der Waals surface area contributed by atoms with E-state index in [0.717, 1.165) is 31.3 Å². The summed E-state index contributed by atoms with van der Waals surface area (Å²) in [4.78, 5) is 11.9. The van der Waals surface area contributed by atoms with Crippen LogP contribution in [0.3, 0.4) is 0 Å². The van der Waals surface area contributed by atoms with E-state index in [2.05, 4.69) is 13.0 Å². The predicted octanol–water partition coefficient (Wildman–Crippen LogP) is 3.01. The molecule has 0 saturated heterocycles. The molecular formula is C19H24FNO2. The number of hydrogen-bond acceptors (Lipinski definition) is 3. The summed E-state index contributed by atoms with van der Waals surface area (Å²) in [6.07, 6.45) is 9.09. The van der Waals surface area contributed by atoms with Gasteiger partial charge >= 0.3 is 0 Å². The number of rotatable bonds is 0. The van der Waals surface area contributed by atoms with Gasteiger partial charge in [0, 0.05) is 5.41 Å². The van der Waals surface area contributed by atoms with Crippen molar-refractivity contribution in [3.63, 3.8) is 0 Å². The van der Waals surface area contributed by atoms with Gasteiger partial charge in [0.1, 0.15) is 0 Å². The van der Waals surface area contributed by atoms with Crippen LogP contribution >= 0.6 is 0 Å². The summed E-state index contributed by atoms with van der Waals surface area (Å²) in [6, 6.07) is 0. The van der Waals surface area contributed by atoms with Crippen molar-refractivity contribution < 1.29 is 14.3 Å². The van der Waals surface area contributed by atoms with E-state index in [0.29, 0.717) is 11.8 Å². The fourth-order valence-electron chi connectivity index (χ4n) is 5.87. The van der Waals surface area contributed by atoms with Crippen molar-refractivity contribution in [3.05, 3.63) is 35.3 Å². The highest BCUT2D eigenvalue weighted by molar-refractivity contribution is 6.08. The van der Waals surface area contributed by atoms with Gasteiger partial charge in [-0.15, -0.1) is 0 Å². The lowest BCUT2D eigenvalue weighted by Crippen LogP contribution is -2.49. The third kappa shape index (κ3) is 1.76. The summed E-state index contributed by atoms with van der Waals surface area (Å²) in [6.45, 7) is 4.21. The summed E-state index contributed by atoms with van der Waals surface area (Å²) in [5.41, 5.74) is 6.21. The van der Waals surface area contributed by atoms with Crippen molar-refractivity contribution in [2.24, 2.45) is 34.3 Å². The quantitative estimate of drug-likeness (QED) is 0.722. The Labute approximate surface area is 136 Å². The van der Waals surface area contributed by atoms with E-state index in [1.165, 1.54) is 6.08 Å². The Bertz CT molecular complexity index is 679. The van der Waals surface area contributed by atoms with E-state index >= 15 is 0 Å². The number of aliphatic hydroxyl groups excluding tert-OH is 1. The summed E-state index contributed by atoms with van der Waals surface area (Å²) in [7, 11) is 0. The predicted molar refractivity (Wildman–Crippen MR) is 85.7 cm³/mol. The molecule has 4 heteroatoms. The summed E-state index contributed by atoms with van der Waals surface area (Å²) >= 11 is 0. The largest absolute Gasteiger partial charge is 0.395 e. The van der Waals surface area contributed by atoms with E-state index in [-0.39, 0.29) is 23.1 Å². The summed E-state index contributed by atoms with van der Waals surface area (Å²) < 4.78 is 14.1. The lowest BCUT2D eigenvalue weighted by molar-refractivity contribution is -0.114. The minimum absolute atomic E-state index is 0.0403. The molecule has 23 heavy (non-hydrogen) atoms. The van der Waals surface area contributed by atoms with Crippen molar-refractivity contribution in [1.82, 2.24) is 0 Å². The van der Waals surface area contributed by atoms with Crippen molar-refractivity contribution in [2.75, 3.05) is 0 Å². The highest BCUT2D eigenvalue weighted by Crippen LogP contribution is 2.63. The third-order valence-electron chi connectivity index (χ3n) is 7.30. The molecule has 0 aromatic heterocycles. The molecule has 0 aromatic rings. The molecule has 0 heterocycles. The standard InChI is InChI=1S/C19H24FNO2/c1-18-8-7-12-10(11(18)5-6-15(18)22)3-4-13-16(21)17(23)14(20)9-19(12,13)2/h3-4,9-12,15,22H,5-8,21H2,1-2H3/t10-,11-,12-,15-,18-,19+/m0/s1. The monoisotopic (exact) mass is 317 g/mol. The van der Waals surface area contributed by atoms with Gasteiger partial charge < -0.3 is 10.8 Å². The zero-order valence-corrected chi connectivity index (χ0v) is 13.7. The molecule has 0 aliphatic heterocycles. The van der Waals surface area contributed by atoms with Crippen molar-refractivity contribution >= 4 is 5.78 Å². The Hall–Kier alpha value is -1.42. The lowest BCUT2D eigenvalue weighted by Gasteiger charge is -2.54. The van der Waals surface area contributed by atoms with Crippen LogP contribution in [0, 0.1) is 28.6 Å². The minimum Gasteiger partial charge on any atom is -0.395 e. The third-order valence-corrected chi connectivity index (χ3v) is 7.30. The molecule has 4 aliphatic rings. The molecular weight excluding hydrogens is 293 g/mol. The van der Waals surface area contributed by atoms with Crippen LogP contribution in [0.1, 0.15) is 39.5 Å². The topological polar surface area (TPSA) is 63.3 Å². The van der Waals surface area contributed by atoms with Gasteiger partial charge in [-0.1, -0.05) is 26.0 Å². The van der Waals surface area contributed by atoms with Gasteiger partial charge in [0.05, 0.1) is 11.8 Å². The van der Waals surface area contributed by atoms with Gasteiger partial charge in [0.15, 0.2) is 5.83 Å². The van der Waals surface area contributed by atoms with E-state index in [4.69, 9.17) is 5.73 Å². The highest BCUT2D eigenvalue weighted by Gasteiger charge is 2.58. The van der Waals surface area contributed by atoms with Crippen LogP contribution in [0.25, 0.3) is 0 Å². The van der Waals surface area contributed by atoms with Crippen LogP contribution in [-0.2, 0) is 4.79 Å². The van der Waals surface area contributed by atoms with Gasteiger partial charge in [-0.25, -0.2) is 4.39 Å². The first-order valence-corrected chi connectivity index (χ1v) is 8.58. The molecule has 0 radical (unpaired) electrons. The minimum atomic E-state index is -0.720. The number of Topliss-reactive ketones (excluding diaryl/α,β-unsaturated/α-hetero) is 1. The fraction of sp³-hybridized carbons (Fsp3) is 0.632. The average molecular weight is 317 g/mol. The van der Waals surface area contributed by atoms with Gasteiger partial charge in [-0.2, -0.15) is 0 Å². The van der Waals surface area contributed by atoms with Crippen molar-refractivity contribution in [2.45, 2.75) is 45.6 Å². The number of nitrogens with two attached hydrogens (primary N) is 1. The van der Waals surface area contributed by atoms with Gasteiger partial charge in [-0.3, -0.25) is 4.79 Å². The molecule has 0 amide bonds. The molecule has 3 nitrogen and oxygen atoms in total. The summed E-state index contributed by atoms with van der Waals surface area (Å²) in [5.74, 6) is -0.436. The van der Waals surface area contributed by atoms with Crippen LogP contribution in [0.5, 0.6) is 0 Å². The molecule has 0 bridgehead atoms. The Morgan fingerprint density at radius 3 is 2.74 bits per heavy atom. The van der Waals surface area contributed by atoms with E-state index in [9.17, 15) is 14.3 Å². The fourth-order valence-corrected chi connectivity index (χ4v) is 5.87. The van der Waals surface area contributed by atoms with Crippen LogP contribution in [0.15, 0.2) is 35.3 Å². The number of carbonyl (C=O) groups is 1. The Morgan fingerprint density at radius 2 is 2.00 bits per heavy atom. The lowest BCUT2D eigenvalue weighted by atomic mass is 9.50. The molecule has 2 saturated carbocycles.